The highest BCUT2D eigenvalue weighted by Crippen LogP contribution is 2.52. The van der Waals surface area contributed by atoms with Crippen molar-refractivity contribution in [1.82, 2.24) is 24.4 Å². The molecule has 32 nitrogen and oxygen atoms in total. The molecule has 414 valence electrons. The van der Waals surface area contributed by atoms with Crippen LogP contribution < -0.4 is 28.2 Å². The second-order valence-corrected chi connectivity index (χ2v) is 19.9. The third-order valence-electron chi connectivity index (χ3n) is 9.97. The summed E-state index contributed by atoms with van der Waals surface area (Å²) in [5.74, 6) is -0.567. The summed E-state index contributed by atoms with van der Waals surface area (Å²) in [4.78, 5) is 79.3. The fourth-order valence-corrected chi connectivity index (χ4v) is 9.25. The molecule has 0 saturated carbocycles. The average molecular weight is 1110 g/mol. The Hall–Kier alpha value is -3.81. The molecule has 2 fully saturated rings. The number of nitrogens with one attached hydrogen (secondary N) is 1. The van der Waals surface area contributed by atoms with E-state index in [2.05, 4.69) is 25.3 Å². The Morgan fingerprint density at radius 1 is 0.712 bits per heavy atom. The molecule has 0 aliphatic carbocycles. The minimum absolute atomic E-state index is 0.0589. The largest absolute Gasteiger partial charge is 0.472 e. The lowest BCUT2D eigenvalue weighted by Crippen LogP contribution is -2.31. The lowest BCUT2D eigenvalue weighted by molar-refractivity contribution is -0.121. The van der Waals surface area contributed by atoms with E-state index in [0.29, 0.717) is 52.7 Å². The Morgan fingerprint density at radius 3 is 1.62 bits per heavy atom. The molecule has 0 spiro atoms. The number of amides is 1. The molecule has 2 saturated heterocycles. The van der Waals surface area contributed by atoms with E-state index in [1.165, 1.54) is 24.5 Å². The number of ether oxygens (including phenoxy) is 7. The fourth-order valence-electron chi connectivity index (χ4n) is 6.59. The van der Waals surface area contributed by atoms with Gasteiger partial charge in [-0.3, -0.25) is 41.1 Å². The molecule has 2 aromatic heterocycles. The molecule has 0 aromatic carbocycles. The Labute approximate surface area is 418 Å². The van der Waals surface area contributed by atoms with Crippen LogP contribution in [0.15, 0.2) is 39.2 Å². The summed E-state index contributed by atoms with van der Waals surface area (Å²) < 4.78 is 112. The van der Waals surface area contributed by atoms with Gasteiger partial charge in [0.1, 0.15) is 48.5 Å². The third-order valence-corrected chi connectivity index (χ3v) is 13.0. The standard InChI is InChI=1S/C38H65N10O22P3/c1-2-12-58-14-15-59-16-17-60-18-19-61-20-21-62-22-23-64-71(52,53)65-26-30-29(25-36(67-30)48-11-7-33(40)45-38(48)51)70-73(56,57)66-27-31-28(24-35(68-31)47-10-6-32(39)44-37(47)50)69-72(54,55)63-13-4-8-42-34(49)5-3-9-43-46-41/h6-7,10-11,28-31,35-36H,2-5,8-9,12-27H2,1H3,(H,42,49)(H,52,53)(H,54,55)(H,56,57)(H2,39,44,50)(H2,40,45,51)/t28-,29-,30+,31+,35+,36+/m0/s1. The topological polar surface area (TPSA) is 432 Å². The monoisotopic (exact) mass is 1110 g/mol. The van der Waals surface area contributed by atoms with Crippen LogP contribution in [0, 0.1) is 0 Å². The Morgan fingerprint density at radius 2 is 1.15 bits per heavy atom. The molecule has 0 radical (unpaired) electrons. The van der Waals surface area contributed by atoms with Crippen LogP contribution in [0.25, 0.3) is 10.4 Å². The highest BCUT2D eigenvalue weighted by molar-refractivity contribution is 7.48. The van der Waals surface area contributed by atoms with Gasteiger partial charge >= 0.3 is 34.8 Å². The Bertz CT molecular complexity index is 2300. The highest BCUT2D eigenvalue weighted by atomic mass is 31.2. The van der Waals surface area contributed by atoms with Gasteiger partial charge in [-0.1, -0.05) is 12.0 Å². The zero-order valence-electron chi connectivity index (χ0n) is 40.1. The first-order chi connectivity index (χ1) is 34.9. The number of anilines is 2. The highest BCUT2D eigenvalue weighted by Gasteiger charge is 2.46. The molecule has 0 bridgehead atoms. The summed E-state index contributed by atoms with van der Waals surface area (Å²) in [5, 5.41) is 5.92. The van der Waals surface area contributed by atoms with E-state index in [-0.39, 0.29) is 89.4 Å². The van der Waals surface area contributed by atoms with E-state index in [9.17, 15) is 42.8 Å². The molecule has 2 aromatic rings. The van der Waals surface area contributed by atoms with E-state index >= 15 is 0 Å². The Kier molecular flexibility index (Phi) is 27.6. The van der Waals surface area contributed by atoms with Crippen LogP contribution in [0.5, 0.6) is 0 Å². The average Bonchev–Trinajstić information content (AvgIpc) is 3.91. The maximum atomic E-state index is 13.6. The van der Waals surface area contributed by atoms with Crippen LogP contribution in [0.4, 0.5) is 11.6 Å². The molecule has 2 aliphatic heterocycles. The minimum Gasteiger partial charge on any atom is -0.383 e. The number of aromatic nitrogens is 4. The summed E-state index contributed by atoms with van der Waals surface area (Å²) in [6, 6.07) is 2.57. The van der Waals surface area contributed by atoms with E-state index in [1.54, 1.807) is 0 Å². The SMILES string of the molecule is CCCOCCOCCOCCOCCOCCOP(=O)(O)OC[C@H]1O[C@@H](n2ccc(N)nc2=O)C[C@@H]1OP(=O)(O)OC[C@H]1O[C@@H](n2ccc(N)nc2=O)C[C@@H]1OP(=O)(O)OCCCNC(=O)CCCN=[N+]=[N-]. The quantitative estimate of drug-likeness (QED) is 0.0181. The summed E-state index contributed by atoms with van der Waals surface area (Å²) in [6.45, 7) is 3.17. The summed E-state index contributed by atoms with van der Waals surface area (Å²) in [7, 11) is -15.0. The summed E-state index contributed by atoms with van der Waals surface area (Å²) in [6.07, 6.45) is -5.02. The number of rotatable bonds is 39. The first-order valence-corrected chi connectivity index (χ1v) is 27.5. The molecule has 73 heavy (non-hydrogen) atoms. The van der Waals surface area contributed by atoms with Crippen molar-refractivity contribution in [3.63, 3.8) is 0 Å². The van der Waals surface area contributed by atoms with Crippen molar-refractivity contribution in [3.05, 3.63) is 55.9 Å². The molecule has 35 heteroatoms. The van der Waals surface area contributed by atoms with Crippen LogP contribution in [0.2, 0.25) is 0 Å². The summed E-state index contributed by atoms with van der Waals surface area (Å²) in [5.41, 5.74) is 17.9. The van der Waals surface area contributed by atoms with Crippen LogP contribution in [0.3, 0.4) is 0 Å². The second kappa shape index (κ2) is 32.6. The molecule has 4 rings (SSSR count). The zero-order chi connectivity index (χ0) is 53.1. The number of phosphoric ester groups is 3. The molecule has 9 atom stereocenters. The summed E-state index contributed by atoms with van der Waals surface area (Å²) >= 11 is 0. The number of hydrogen-bond donors (Lipinski definition) is 6. The van der Waals surface area contributed by atoms with Gasteiger partial charge in [-0.2, -0.15) is 9.97 Å². The predicted octanol–water partition coefficient (Wildman–Crippen LogP) is 1.47. The lowest BCUT2D eigenvalue weighted by Gasteiger charge is -2.24. The van der Waals surface area contributed by atoms with Crippen molar-refractivity contribution in [1.29, 1.82) is 0 Å². The second-order valence-electron chi connectivity index (χ2n) is 15.6. The third kappa shape index (κ3) is 24.2. The first-order valence-electron chi connectivity index (χ1n) is 23.0. The van der Waals surface area contributed by atoms with E-state index in [4.69, 9.17) is 77.3 Å². The number of carbonyl (C=O) groups is 1. The van der Waals surface area contributed by atoms with Crippen molar-refractivity contribution in [3.8, 4) is 0 Å². The van der Waals surface area contributed by atoms with Crippen molar-refractivity contribution in [2.24, 2.45) is 5.11 Å². The van der Waals surface area contributed by atoms with Crippen LogP contribution in [-0.4, -0.2) is 170 Å². The molecule has 1 amide bonds. The Balaban J connectivity index is 1.29. The van der Waals surface area contributed by atoms with Gasteiger partial charge < -0.3 is 64.6 Å². The molecule has 8 N–H and O–H groups in total. The normalized spacial score (nSPS) is 22.3. The van der Waals surface area contributed by atoms with Crippen molar-refractivity contribution >= 4 is 41.0 Å². The number of hydrogen-bond acceptors (Lipinski definition) is 24. The molecule has 2 aliphatic rings. The molecular weight excluding hydrogens is 1040 g/mol. The number of carbonyl (C=O) groups excluding carboxylic acids is 1. The predicted molar refractivity (Wildman–Crippen MR) is 251 cm³/mol. The maximum Gasteiger partial charge on any atom is 0.472 e. The number of phosphoric acid groups is 3. The van der Waals surface area contributed by atoms with E-state index < -0.39 is 84.9 Å². The zero-order valence-corrected chi connectivity index (χ0v) is 42.7. The van der Waals surface area contributed by atoms with Crippen LogP contribution in [-0.2, 0) is 78.8 Å². The van der Waals surface area contributed by atoms with Crippen LogP contribution >= 0.6 is 23.5 Å². The molecule has 4 heterocycles. The maximum absolute atomic E-state index is 13.6. The number of nitrogens with zero attached hydrogens (tertiary/aromatic N) is 7. The first kappa shape index (κ1) is 61.7. The van der Waals surface area contributed by atoms with Gasteiger partial charge in [-0.05, 0) is 36.9 Å². The minimum atomic E-state index is -5.23. The molecule has 3 unspecified atom stereocenters. The number of azide groups is 1. The van der Waals surface area contributed by atoms with Crippen molar-refractivity contribution in [2.45, 2.75) is 82.3 Å². The van der Waals surface area contributed by atoms with Gasteiger partial charge in [-0.25, -0.2) is 23.3 Å². The number of nitrogens with two attached hydrogens (primary N) is 2. The lowest BCUT2D eigenvalue weighted by atomic mass is 10.2. The number of nitrogen functional groups attached to an aromatic ring is 2. The smallest absolute Gasteiger partial charge is 0.383 e. The van der Waals surface area contributed by atoms with Gasteiger partial charge in [0.25, 0.3) is 0 Å². The van der Waals surface area contributed by atoms with E-state index in [0.717, 1.165) is 15.6 Å². The van der Waals surface area contributed by atoms with Crippen molar-refractivity contribution in [2.75, 3.05) is 117 Å². The van der Waals surface area contributed by atoms with E-state index in [1.807, 2.05) is 6.92 Å². The van der Waals surface area contributed by atoms with Gasteiger partial charge in [0.15, 0.2) is 0 Å². The van der Waals surface area contributed by atoms with Gasteiger partial charge in [0.05, 0.1) is 85.9 Å². The van der Waals surface area contributed by atoms with Crippen molar-refractivity contribution < 1.29 is 93.5 Å². The van der Waals surface area contributed by atoms with Gasteiger partial charge in [-0.15, -0.1) is 0 Å². The van der Waals surface area contributed by atoms with Crippen LogP contribution in [0.1, 0.15) is 57.9 Å². The fraction of sp³-hybridized carbons (Fsp3) is 0.763. The molecular formula is C38H65N10O22P3. The van der Waals surface area contributed by atoms with Gasteiger partial charge in [0, 0.05) is 56.3 Å². The van der Waals surface area contributed by atoms with Gasteiger partial charge in [0.2, 0.25) is 5.91 Å².